The number of nitrogens with zero attached hydrogens (tertiary/aromatic N) is 2. The molecule has 0 N–H and O–H groups in total. The lowest BCUT2D eigenvalue weighted by Gasteiger charge is -2.41. The smallest absolute Gasteiger partial charge is 0.338 e. The second-order valence-corrected chi connectivity index (χ2v) is 5.71. The van der Waals surface area contributed by atoms with Crippen LogP contribution in [0, 0.1) is 17.8 Å². The Labute approximate surface area is 125 Å². The monoisotopic (exact) mass is 312 g/mol. The van der Waals surface area contributed by atoms with E-state index in [0.29, 0.717) is 0 Å². The van der Waals surface area contributed by atoms with E-state index in [1.165, 1.54) is 31.6 Å². The molecule has 1 unspecified atom stereocenters. The molecule has 0 spiro atoms. The number of rotatable bonds is 0. The van der Waals surface area contributed by atoms with Crippen molar-refractivity contribution in [2.45, 2.75) is 24.6 Å². The number of benzene rings is 1. The van der Waals surface area contributed by atoms with Gasteiger partial charge < -0.3 is 4.90 Å². The average molecular weight is 313 g/mol. The molecule has 1 saturated carbocycles. The van der Waals surface area contributed by atoms with Crippen LogP contribution in [0.4, 0.5) is 18.9 Å². The minimum Gasteiger partial charge on any atom is -0.338 e. The molecule has 110 valence electrons. The highest BCUT2D eigenvalue weighted by Gasteiger charge is 2.60. The van der Waals surface area contributed by atoms with Gasteiger partial charge in [-0.05, 0) is 31.0 Å². The fraction of sp³-hybridized carbons (Fsp3) is 0.400. The number of hydrogen-bond acceptors (Lipinski definition) is 2. The van der Waals surface area contributed by atoms with Crippen LogP contribution in [0.1, 0.15) is 18.4 Å². The number of hydrogen-bond donors (Lipinski definition) is 0. The van der Waals surface area contributed by atoms with Gasteiger partial charge in [-0.25, -0.2) is 4.99 Å². The van der Waals surface area contributed by atoms with E-state index in [0.717, 1.165) is 17.7 Å². The summed E-state index contributed by atoms with van der Waals surface area (Å²) in [6.45, 7) is 0. The van der Waals surface area contributed by atoms with E-state index < -0.39 is 11.7 Å². The maximum Gasteiger partial charge on any atom is 0.427 e. The minimum absolute atomic E-state index is 0.0133. The fourth-order valence-electron chi connectivity index (χ4n) is 2.35. The van der Waals surface area contributed by atoms with Crippen LogP contribution in [-0.2, 0) is 5.54 Å². The van der Waals surface area contributed by atoms with Crippen molar-refractivity contribution in [1.29, 1.82) is 0 Å². The second kappa shape index (κ2) is 4.67. The Kier molecular flexibility index (Phi) is 3.18. The maximum atomic E-state index is 13.9. The standard InChI is InChI=1S/C15H12ClF3N2/c1-21-9-20-13-5-4-11(16)8-12(13)14(21,15(17,18)19)7-6-10-2-3-10/h4-5,8-10H,2-3H2,1H3. The number of alkyl halides is 3. The van der Waals surface area contributed by atoms with Crippen molar-refractivity contribution in [3.63, 3.8) is 0 Å². The van der Waals surface area contributed by atoms with Gasteiger partial charge in [0.2, 0.25) is 5.54 Å². The lowest BCUT2D eigenvalue weighted by molar-refractivity contribution is -0.200. The van der Waals surface area contributed by atoms with Crippen LogP contribution in [0.2, 0.25) is 5.02 Å². The van der Waals surface area contributed by atoms with Crippen LogP contribution in [-0.4, -0.2) is 24.5 Å². The zero-order valence-corrected chi connectivity index (χ0v) is 12.0. The van der Waals surface area contributed by atoms with Gasteiger partial charge in [-0.1, -0.05) is 23.4 Å². The van der Waals surface area contributed by atoms with Crippen molar-refractivity contribution in [3.8, 4) is 11.8 Å². The molecule has 0 bridgehead atoms. The third-order valence-corrected chi connectivity index (χ3v) is 3.93. The Balaban J connectivity index is 2.25. The van der Waals surface area contributed by atoms with Crippen molar-refractivity contribution in [3.05, 3.63) is 28.8 Å². The van der Waals surface area contributed by atoms with E-state index >= 15 is 0 Å². The van der Waals surface area contributed by atoms with Crippen LogP contribution >= 0.6 is 11.6 Å². The predicted molar refractivity (Wildman–Crippen MR) is 75.6 cm³/mol. The van der Waals surface area contributed by atoms with Gasteiger partial charge in [-0.2, -0.15) is 13.2 Å². The molecule has 1 aliphatic carbocycles. The highest BCUT2D eigenvalue weighted by molar-refractivity contribution is 6.30. The Hall–Kier alpha value is -1.67. The van der Waals surface area contributed by atoms with E-state index in [4.69, 9.17) is 11.6 Å². The third-order valence-electron chi connectivity index (χ3n) is 3.69. The molecule has 1 aromatic carbocycles. The first-order chi connectivity index (χ1) is 9.84. The molecule has 2 nitrogen and oxygen atoms in total. The Morgan fingerprint density at radius 3 is 2.71 bits per heavy atom. The summed E-state index contributed by atoms with van der Waals surface area (Å²) in [7, 11) is 1.34. The van der Waals surface area contributed by atoms with Crippen LogP contribution in [0.15, 0.2) is 23.2 Å². The summed E-state index contributed by atoms with van der Waals surface area (Å²) in [5, 5.41) is 0.237. The van der Waals surface area contributed by atoms with Crippen molar-refractivity contribution in [2.75, 3.05) is 7.05 Å². The summed E-state index contributed by atoms with van der Waals surface area (Å²) in [6.07, 6.45) is -1.66. The first-order valence-corrected chi connectivity index (χ1v) is 6.89. The number of halogens is 4. The molecule has 1 fully saturated rings. The van der Waals surface area contributed by atoms with E-state index in [9.17, 15) is 13.2 Å². The lowest BCUT2D eigenvalue weighted by atomic mass is 9.85. The van der Waals surface area contributed by atoms with Crippen molar-refractivity contribution in [2.24, 2.45) is 10.9 Å². The Bertz CT molecular complexity index is 668. The van der Waals surface area contributed by atoms with E-state index in [2.05, 4.69) is 16.8 Å². The Morgan fingerprint density at radius 2 is 2.10 bits per heavy atom. The largest absolute Gasteiger partial charge is 0.427 e. The average Bonchev–Trinajstić information content (AvgIpc) is 3.20. The summed E-state index contributed by atoms with van der Waals surface area (Å²) in [5.74, 6) is 5.29. The molecule has 0 saturated heterocycles. The summed E-state index contributed by atoms with van der Waals surface area (Å²) >= 11 is 5.89. The summed E-state index contributed by atoms with van der Waals surface area (Å²) < 4.78 is 41.6. The highest BCUT2D eigenvalue weighted by atomic mass is 35.5. The molecule has 1 aliphatic heterocycles. The fourth-order valence-corrected chi connectivity index (χ4v) is 2.52. The van der Waals surface area contributed by atoms with E-state index in [1.807, 2.05) is 0 Å². The molecule has 1 aromatic rings. The van der Waals surface area contributed by atoms with Gasteiger partial charge >= 0.3 is 6.18 Å². The van der Waals surface area contributed by atoms with E-state index in [1.54, 1.807) is 0 Å². The highest BCUT2D eigenvalue weighted by Crippen LogP contribution is 2.48. The topological polar surface area (TPSA) is 15.6 Å². The summed E-state index contributed by atoms with van der Waals surface area (Å²) in [6, 6.07) is 4.32. The van der Waals surface area contributed by atoms with Crippen LogP contribution < -0.4 is 0 Å². The minimum atomic E-state index is -4.56. The first kappa shape index (κ1) is 14.3. The molecule has 0 amide bonds. The number of fused-ring (bicyclic) bond motifs is 1. The van der Waals surface area contributed by atoms with Crippen LogP contribution in [0.5, 0.6) is 0 Å². The van der Waals surface area contributed by atoms with Gasteiger partial charge in [0.1, 0.15) is 0 Å². The number of aliphatic imine (C=N–C) groups is 1. The van der Waals surface area contributed by atoms with Crippen LogP contribution in [0.25, 0.3) is 0 Å². The lowest BCUT2D eigenvalue weighted by Crippen LogP contribution is -2.54. The maximum absolute atomic E-state index is 13.9. The zero-order chi connectivity index (χ0) is 15.3. The van der Waals surface area contributed by atoms with Gasteiger partial charge in [-0.3, -0.25) is 0 Å². The Morgan fingerprint density at radius 1 is 1.38 bits per heavy atom. The molecule has 3 rings (SSSR count). The second-order valence-electron chi connectivity index (χ2n) is 5.27. The molecule has 1 heterocycles. The van der Waals surface area contributed by atoms with Gasteiger partial charge in [0.25, 0.3) is 0 Å². The van der Waals surface area contributed by atoms with Crippen molar-refractivity contribution in [1.82, 2.24) is 4.90 Å². The van der Waals surface area contributed by atoms with Gasteiger partial charge in [0.05, 0.1) is 12.0 Å². The SMILES string of the molecule is CN1C=Nc2ccc(Cl)cc2C1(C#CC1CC1)C(F)(F)F. The van der Waals surface area contributed by atoms with Crippen molar-refractivity contribution < 1.29 is 13.2 Å². The first-order valence-electron chi connectivity index (χ1n) is 6.51. The van der Waals surface area contributed by atoms with Gasteiger partial charge in [-0.15, -0.1) is 0 Å². The molecule has 0 aromatic heterocycles. The van der Waals surface area contributed by atoms with Crippen LogP contribution in [0.3, 0.4) is 0 Å². The summed E-state index contributed by atoms with van der Waals surface area (Å²) in [5.41, 5.74) is -2.15. The van der Waals surface area contributed by atoms with Gasteiger partial charge in [0, 0.05) is 23.6 Å². The molecule has 0 radical (unpaired) electrons. The van der Waals surface area contributed by atoms with Gasteiger partial charge in [0.15, 0.2) is 0 Å². The summed E-state index contributed by atoms with van der Waals surface area (Å²) in [4.78, 5) is 5.06. The third kappa shape index (κ3) is 2.28. The predicted octanol–water partition coefficient (Wildman–Crippen LogP) is 4.12. The zero-order valence-electron chi connectivity index (χ0n) is 11.2. The quantitative estimate of drug-likeness (QED) is 0.658. The molecule has 2 aliphatic rings. The molecule has 1 atom stereocenters. The molecule has 6 heteroatoms. The normalized spacial score (nSPS) is 24.3. The van der Waals surface area contributed by atoms with E-state index in [-0.39, 0.29) is 22.2 Å². The molecular weight excluding hydrogens is 301 g/mol. The molecule has 21 heavy (non-hydrogen) atoms. The molecular formula is C15H12ClF3N2. The van der Waals surface area contributed by atoms with Crippen molar-refractivity contribution >= 4 is 23.6 Å².